The molecule has 6 aromatic heterocycles. The number of nitrogens with two attached hydrogens (primary N) is 3. The van der Waals surface area contributed by atoms with Crippen LogP contribution in [0.5, 0.6) is 0 Å². The first-order valence-electron chi connectivity index (χ1n) is 24.3. The van der Waals surface area contributed by atoms with Gasteiger partial charge in [0.05, 0.1) is 39.1 Å². The van der Waals surface area contributed by atoms with Crippen LogP contribution in [0.2, 0.25) is 0 Å². The van der Waals surface area contributed by atoms with Crippen LogP contribution in [0.15, 0.2) is 62.7 Å². The number of nitrogen functional groups attached to an aromatic ring is 3. The van der Waals surface area contributed by atoms with Crippen LogP contribution in [0.1, 0.15) is 24.9 Å². The molecule has 16 N–H and O–H groups in total. The van der Waals surface area contributed by atoms with Crippen molar-refractivity contribution in [3.05, 3.63) is 85.2 Å². The highest BCUT2D eigenvalue weighted by Gasteiger charge is 2.56. The van der Waals surface area contributed by atoms with Crippen molar-refractivity contribution in [1.82, 2.24) is 58.1 Å². The second-order valence-electron chi connectivity index (χ2n) is 19.0. The number of H-pyrrole nitrogens is 2. The largest absolute Gasteiger partial charge is 0.472 e. The second-order valence-corrected chi connectivity index (χ2v) is 24.6. The van der Waals surface area contributed by atoms with Gasteiger partial charge in [0.2, 0.25) is 5.95 Å². The van der Waals surface area contributed by atoms with E-state index in [1.807, 2.05) is 4.98 Å². The number of anilines is 3. The number of aliphatic hydroxyl groups excluding tert-OH is 4. The first-order chi connectivity index (χ1) is 40.1. The number of phosphoric ester groups is 4. The van der Waals surface area contributed by atoms with Gasteiger partial charge in [0.15, 0.2) is 47.5 Å². The van der Waals surface area contributed by atoms with Crippen LogP contribution in [-0.2, 0) is 73.4 Å². The van der Waals surface area contributed by atoms with E-state index in [1.54, 1.807) is 0 Å². The van der Waals surface area contributed by atoms with Gasteiger partial charge in [-0.3, -0.25) is 74.0 Å². The number of hydrogen-bond donors (Lipinski definition) is 13. The van der Waals surface area contributed by atoms with Crippen LogP contribution in [0, 0.1) is 0 Å². The zero-order valence-electron chi connectivity index (χ0n) is 42.3. The molecule has 0 spiro atoms. The summed E-state index contributed by atoms with van der Waals surface area (Å²) >= 11 is 0. The smallest absolute Gasteiger partial charge is 0.386 e. The van der Waals surface area contributed by atoms with Gasteiger partial charge >= 0.3 is 42.7 Å². The molecule has 0 bridgehead atoms. The van der Waals surface area contributed by atoms with E-state index in [9.17, 15) is 77.4 Å². The SMILES string of the molecule is Nc1ccn([C@@H]2O[C@@H]3COP(=O)(O)O[C@@H]4[C@H](O)[C@@H](n5cnc6c(=O)[nH]c(N)nc65)O[C@H]4COP(=O)(O)O[C@H]4[C@@H](O)[C@H](n5ccc(=O)[nH]c5=O)O[C@@H]4COP(=O)(O)O[C@H]4[C@@H](O)[C@H](n5cnc6c(N)ncnc65)O[C@@H]4COP(=O)(O)O[C@H]3[C@H]2O)c(=O)n1. The van der Waals surface area contributed by atoms with Gasteiger partial charge in [0.1, 0.15) is 90.9 Å². The molecule has 0 saturated carbocycles. The third kappa shape index (κ3) is 12.2. The minimum Gasteiger partial charge on any atom is -0.386 e. The van der Waals surface area contributed by atoms with Gasteiger partial charge in [0.25, 0.3) is 11.1 Å². The summed E-state index contributed by atoms with van der Waals surface area (Å²) in [5, 5.41) is 46.8. The van der Waals surface area contributed by atoms with Gasteiger partial charge in [0, 0.05) is 18.5 Å². The molecule has 6 aromatic rings. The Hall–Kier alpha value is -6.02. The standard InChI is InChI=1S/C38H47N15O28P4/c39-16-1-3-50(37(60)46-16)32-20(55)24-12(74-32)5-70-85(68,69)81-27-15(77-35(23(27)58)53-11-45-19-30(53)48-36(41)49-31(19)59)8-73-83(64,65)79-25-13(75-33(21(25)56)51-4-2-17(54)47-38(51)61)6-71-84(66,67)80-26-14(7-72-82(62,63)78-24)76-34(22(26)57)52-10-44-18-28(40)42-9-43-29(18)52/h1-4,9-15,20-27,32-35,55-58H,5-8H2,(H,62,63)(H,64,65)(H,66,67)(H,68,69)(H2,39,46,60)(H2,40,42,43)(H,47,54,61)(H3,41,48,49,59)/t12-,13-,14-,15+,20-,21-,22-,23+,24-,25-,26-,27+,32-,33-,34-,35+/m1/s1. The van der Waals surface area contributed by atoms with Crippen molar-refractivity contribution in [1.29, 1.82) is 0 Å². The Morgan fingerprint density at radius 3 is 1.36 bits per heavy atom. The number of phosphoric acid groups is 4. The van der Waals surface area contributed by atoms with Crippen LogP contribution in [-0.4, -0.2) is 198 Å². The highest BCUT2D eigenvalue weighted by molar-refractivity contribution is 7.48. The minimum atomic E-state index is -5.78. The first kappa shape index (κ1) is 60.7. The fourth-order valence-corrected chi connectivity index (χ4v) is 13.6. The van der Waals surface area contributed by atoms with E-state index in [-0.39, 0.29) is 34.0 Å². The van der Waals surface area contributed by atoms with Gasteiger partial charge in [-0.1, -0.05) is 0 Å². The lowest BCUT2D eigenvalue weighted by atomic mass is 10.1. The Bertz CT molecular complexity index is 3980. The third-order valence-electron chi connectivity index (χ3n) is 13.5. The van der Waals surface area contributed by atoms with E-state index >= 15 is 0 Å². The van der Waals surface area contributed by atoms with E-state index in [0.29, 0.717) is 9.13 Å². The second kappa shape index (κ2) is 22.9. The fourth-order valence-electron chi connectivity index (χ4n) is 9.70. The number of rotatable bonds is 4. The molecule has 11 rings (SSSR count). The summed E-state index contributed by atoms with van der Waals surface area (Å²) in [6.07, 6.45) is -28.5. The number of aromatic amines is 2. The maximum atomic E-state index is 14.1. The summed E-state index contributed by atoms with van der Waals surface area (Å²) in [5.41, 5.74) is 12.3. The van der Waals surface area contributed by atoms with E-state index < -0.39 is 184 Å². The molecule has 0 amide bonds. The average molecular weight is 1290 g/mol. The first-order valence-corrected chi connectivity index (χ1v) is 30.3. The number of ether oxygens (including phenoxy) is 4. The summed E-state index contributed by atoms with van der Waals surface area (Å²) in [6, 6.07) is 1.90. The lowest BCUT2D eigenvalue weighted by Gasteiger charge is -2.27. The molecule has 85 heavy (non-hydrogen) atoms. The number of aromatic nitrogens is 12. The van der Waals surface area contributed by atoms with Gasteiger partial charge in [-0.2, -0.15) is 9.97 Å². The van der Waals surface area contributed by atoms with Crippen LogP contribution in [0.3, 0.4) is 0 Å². The van der Waals surface area contributed by atoms with Crippen LogP contribution >= 0.6 is 31.3 Å². The predicted molar refractivity (Wildman–Crippen MR) is 269 cm³/mol. The molecule has 11 heterocycles. The van der Waals surface area contributed by atoms with E-state index in [0.717, 1.165) is 52.6 Å². The number of fused-ring (bicyclic) bond motifs is 6. The molecule has 5 aliphatic rings. The molecular formula is C38H47N15O28P4. The van der Waals surface area contributed by atoms with Crippen LogP contribution in [0.4, 0.5) is 17.6 Å². The Morgan fingerprint density at radius 2 is 0.918 bits per heavy atom. The van der Waals surface area contributed by atoms with Crippen molar-refractivity contribution >= 4 is 71.2 Å². The lowest BCUT2D eigenvalue weighted by Crippen LogP contribution is -2.39. The summed E-state index contributed by atoms with van der Waals surface area (Å²) in [5.74, 6) is -0.904. The van der Waals surface area contributed by atoms with Crippen LogP contribution < -0.4 is 39.7 Å². The van der Waals surface area contributed by atoms with Crippen molar-refractivity contribution in [2.45, 2.75) is 98.2 Å². The van der Waals surface area contributed by atoms with E-state index in [1.165, 1.54) is 0 Å². The van der Waals surface area contributed by atoms with Gasteiger partial charge in [-0.25, -0.2) is 47.8 Å². The minimum absolute atomic E-state index is 0.0294. The molecule has 5 fully saturated rings. The number of nitrogens with zero attached hydrogens (tertiary/aromatic N) is 10. The summed E-state index contributed by atoms with van der Waals surface area (Å²) < 4.78 is 125. The van der Waals surface area contributed by atoms with Gasteiger partial charge < -0.3 is 76.1 Å². The topological polar surface area (TPSA) is 616 Å². The average Bonchev–Trinajstić information content (AvgIpc) is 2.26. The normalized spacial score (nSPS) is 39.0. The zero-order chi connectivity index (χ0) is 60.8. The molecule has 0 aliphatic carbocycles. The Balaban J connectivity index is 0.950. The van der Waals surface area contributed by atoms with Crippen molar-refractivity contribution in [3.8, 4) is 0 Å². The molecule has 20 atom stereocenters. The Kier molecular flexibility index (Phi) is 16.4. The van der Waals surface area contributed by atoms with Gasteiger partial charge in [-0.15, -0.1) is 0 Å². The monoisotopic (exact) mass is 1290 g/mol. The molecule has 4 unspecified atom stereocenters. The van der Waals surface area contributed by atoms with Gasteiger partial charge in [-0.05, 0) is 6.07 Å². The molecule has 43 nitrogen and oxygen atoms in total. The lowest BCUT2D eigenvalue weighted by molar-refractivity contribution is -0.0674. The molecular weight excluding hydrogens is 1240 g/mol. The molecule has 5 aliphatic heterocycles. The molecule has 5 saturated heterocycles. The highest BCUT2D eigenvalue weighted by atomic mass is 31.2. The quantitative estimate of drug-likeness (QED) is 0.0733. The van der Waals surface area contributed by atoms with E-state index in [4.69, 9.17) is 72.3 Å². The number of imidazole rings is 2. The maximum absolute atomic E-state index is 14.1. The molecule has 0 radical (unpaired) electrons. The van der Waals surface area contributed by atoms with Crippen molar-refractivity contribution in [2.75, 3.05) is 43.6 Å². The summed E-state index contributed by atoms with van der Waals surface area (Å²) in [4.78, 5) is 123. The number of nitrogens with one attached hydrogen (secondary N) is 2. The van der Waals surface area contributed by atoms with E-state index in [2.05, 4.69) is 34.9 Å². The molecule has 0 aromatic carbocycles. The predicted octanol–water partition coefficient (Wildman–Crippen LogP) is -5.43. The Labute approximate surface area is 468 Å². The fraction of sp³-hybridized carbons (Fsp3) is 0.526. The maximum Gasteiger partial charge on any atom is 0.472 e. The van der Waals surface area contributed by atoms with Crippen molar-refractivity contribution < 1.29 is 113 Å². The van der Waals surface area contributed by atoms with Crippen molar-refractivity contribution in [2.24, 2.45) is 0 Å². The number of aliphatic hydroxyl groups is 4. The third-order valence-corrected chi connectivity index (χ3v) is 17.4. The Morgan fingerprint density at radius 1 is 0.506 bits per heavy atom. The highest BCUT2D eigenvalue weighted by Crippen LogP contribution is 2.56. The summed E-state index contributed by atoms with van der Waals surface area (Å²) in [6.45, 7) is -5.18. The molecule has 462 valence electrons. The zero-order valence-corrected chi connectivity index (χ0v) is 45.9. The summed E-state index contributed by atoms with van der Waals surface area (Å²) in [7, 11) is -23.0. The molecule has 47 heteroatoms. The van der Waals surface area contributed by atoms with Crippen LogP contribution in [0.25, 0.3) is 22.3 Å². The van der Waals surface area contributed by atoms with Crippen molar-refractivity contribution in [3.63, 3.8) is 0 Å². The number of hydrogen-bond acceptors (Lipinski definition) is 33.